The number of carbonyl (C=O) groups excluding carboxylic acids is 1. The first-order chi connectivity index (χ1) is 12.8. The third-order valence-electron chi connectivity index (χ3n) is 4.52. The number of carbonyl (C=O) groups is 1. The molecule has 1 fully saturated rings. The average Bonchev–Trinajstić information content (AvgIpc) is 2.97. The zero-order chi connectivity index (χ0) is 20.0. The van der Waals surface area contributed by atoms with Crippen LogP contribution in [0, 0.1) is 25.2 Å². The predicted octanol–water partition coefficient (Wildman–Crippen LogP) is 1.78. The summed E-state index contributed by atoms with van der Waals surface area (Å²) in [4.78, 5) is 14.3. The fourth-order valence-corrected chi connectivity index (χ4v) is 4.78. The van der Waals surface area contributed by atoms with Gasteiger partial charge in [-0.25, -0.2) is 8.42 Å². The maximum absolute atomic E-state index is 12.6. The minimum atomic E-state index is -3.08. The minimum Gasteiger partial charge on any atom is -0.383 e. The quantitative estimate of drug-likeness (QED) is 0.562. The predicted molar refractivity (Wildman–Crippen MR) is 104 cm³/mol. The summed E-state index contributed by atoms with van der Waals surface area (Å²) in [5.74, 6) is -0.385. The number of hydrogen-bond acceptors (Lipinski definition) is 6. The van der Waals surface area contributed by atoms with Gasteiger partial charge in [0, 0.05) is 31.6 Å². The summed E-state index contributed by atoms with van der Waals surface area (Å²) in [6.07, 6.45) is 1.92. The molecule has 1 saturated heterocycles. The van der Waals surface area contributed by atoms with Crippen LogP contribution in [0.5, 0.6) is 0 Å². The second-order valence-corrected chi connectivity index (χ2v) is 8.94. The van der Waals surface area contributed by atoms with E-state index in [0.717, 1.165) is 11.1 Å². The average molecular weight is 391 g/mol. The minimum absolute atomic E-state index is 0.0185. The van der Waals surface area contributed by atoms with Crippen molar-refractivity contribution < 1.29 is 17.9 Å². The molecule has 1 N–H and O–H groups in total. The van der Waals surface area contributed by atoms with Gasteiger partial charge in [0.05, 0.1) is 18.1 Å². The lowest BCUT2D eigenvalue weighted by Crippen LogP contribution is -2.35. The number of nitrogens with one attached hydrogen (secondary N) is 1. The van der Waals surface area contributed by atoms with Crippen LogP contribution in [-0.4, -0.2) is 57.0 Å². The van der Waals surface area contributed by atoms with Crippen LogP contribution < -0.4 is 5.32 Å². The summed E-state index contributed by atoms with van der Waals surface area (Å²) in [6, 6.07) is 7.28. The number of aryl methyl sites for hydroxylation is 2. The zero-order valence-corrected chi connectivity index (χ0v) is 16.7. The summed E-state index contributed by atoms with van der Waals surface area (Å²) in [5.41, 5.74) is 2.54. The number of benzene rings is 1. The summed E-state index contributed by atoms with van der Waals surface area (Å²) in [7, 11) is -1.53. The van der Waals surface area contributed by atoms with E-state index in [-0.39, 0.29) is 23.1 Å². The normalized spacial score (nSPS) is 18.7. The van der Waals surface area contributed by atoms with Crippen molar-refractivity contribution in [3.05, 3.63) is 41.1 Å². The van der Waals surface area contributed by atoms with Gasteiger partial charge in [0.15, 0.2) is 9.84 Å². The molecule has 7 nitrogen and oxygen atoms in total. The van der Waals surface area contributed by atoms with E-state index in [1.54, 1.807) is 18.1 Å². The number of ether oxygens (including phenoxy) is 1. The lowest BCUT2D eigenvalue weighted by atomic mass is 10.1. The first kappa shape index (κ1) is 20.9. The van der Waals surface area contributed by atoms with E-state index in [1.807, 2.05) is 32.0 Å². The van der Waals surface area contributed by atoms with Gasteiger partial charge in [-0.05, 0) is 31.9 Å². The van der Waals surface area contributed by atoms with Crippen molar-refractivity contribution >= 4 is 21.4 Å². The Morgan fingerprint density at radius 1 is 1.44 bits per heavy atom. The smallest absolute Gasteiger partial charge is 0.267 e. The molecule has 0 spiro atoms. The van der Waals surface area contributed by atoms with Gasteiger partial charge in [0.25, 0.3) is 5.91 Å². The maximum atomic E-state index is 12.6. The third-order valence-corrected chi connectivity index (χ3v) is 6.27. The largest absolute Gasteiger partial charge is 0.383 e. The van der Waals surface area contributed by atoms with Crippen molar-refractivity contribution in [3.63, 3.8) is 0 Å². The molecule has 0 aromatic heterocycles. The highest BCUT2D eigenvalue weighted by Crippen LogP contribution is 2.20. The number of sulfone groups is 1. The van der Waals surface area contributed by atoms with Crippen molar-refractivity contribution in [2.24, 2.45) is 0 Å². The van der Waals surface area contributed by atoms with E-state index >= 15 is 0 Å². The van der Waals surface area contributed by atoms with Crippen molar-refractivity contribution in [2.45, 2.75) is 26.3 Å². The summed E-state index contributed by atoms with van der Waals surface area (Å²) < 4.78 is 28.7. The first-order valence-corrected chi connectivity index (χ1v) is 10.5. The lowest BCUT2D eigenvalue weighted by molar-refractivity contribution is -0.112. The number of rotatable bonds is 7. The number of anilines is 1. The van der Waals surface area contributed by atoms with Crippen LogP contribution in [0.15, 0.2) is 30.0 Å². The Morgan fingerprint density at radius 2 is 2.19 bits per heavy atom. The molecule has 1 aliphatic heterocycles. The molecule has 0 saturated carbocycles. The van der Waals surface area contributed by atoms with Crippen LogP contribution >= 0.6 is 0 Å². The zero-order valence-electron chi connectivity index (χ0n) is 15.9. The molecule has 1 aliphatic rings. The Balaban J connectivity index is 2.21. The SMILES string of the molecule is COCCN(/C=C(/C#N)C(=O)Nc1ccc(C)cc1C)C1CCS(=O)(=O)C1. The molecular weight excluding hydrogens is 366 g/mol. The molecule has 0 bridgehead atoms. The van der Waals surface area contributed by atoms with Crippen molar-refractivity contribution in [1.29, 1.82) is 5.26 Å². The van der Waals surface area contributed by atoms with E-state index in [9.17, 15) is 18.5 Å². The topological polar surface area (TPSA) is 99.5 Å². The number of amides is 1. The van der Waals surface area contributed by atoms with Crippen LogP contribution in [0.4, 0.5) is 5.69 Å². The van der Waals surface area contributed by atoms with Gasteiger partial charge in [0.2, 0.25) is 0 Å². The Hall–Kier alpha value is -2.37. The molecule has 2 rings (SSSR count). The van der Waals surface area contributed by atoms with Gasteiger partial charge in [-0.1, -0.05) is 17.7 Å². The summed E-state index contributed by atoms with van der Waals surface area (Å²) >= 11 is 0. The van der Waals surface area contributed by atoms with E-state index in [4.69, 9.17) is 4.74 Å². The fourth-order valence-electron chi connectivity index (χ4n) is 3.03. The molecule has 1 atom stereocenters. The molecule has 1 aromatic carbocycles. The molecular formula is C19H25N3O4S. The fraction of sp³-hybridized carbons (Fsp3) is 0.474. The monoisotopic (exact) mass is 391 g/mol. The van der Waals surface area contributed by atoms with Crippen LogP contribution in [0.3, 0.4) is 0 Å². The van der Waals surface area contributed by atoms with Gasteiger partial charge >= 0.3 is 0 Å². The van der Waals surface area contributed by atoms with Gasteiger partial charge in [-0.3, -0.25) is 4.79 Å². The molecule has 27 heavy (non-hydrogen) atoms. The van der Waals surface area contributed by atoms with Gasteiger partial charge in [-0.2, -0.15) is 5.26 Å². The maximum Gasteiger partial charge on any atom is 0.267 e. The number of nitriles is 1. The van der Waals surface area contributed by atoms with Crippen LogP contribution in [0.1, 0.15) is 17.5 Å². The second kappa shape index (κ2) is 9.02. The van der Waals surface area contributed by atoms with E-state index in [1.165, 1.54) is 6.20 Å². The molecule has 1 amide bonds. The van der Waals surface area contributed by atoms with E-state index in [2.05, 4.69) is 5.32 Å². The molecule has 1 heterocycles. The Labute approximate surface area is 160 Å². The Bertz CT molecular complexity index is 871. The van der Waals surface area contributed by atoms with Crippen LogP contribution in [0.2, 0.25) is 0 Å². The molecule has 8 heteroatoms. The molecule has 146 valence electrons. The van der Waals surface area contributed by atoms with Crippen molar-refractivity contribution in [3.8, 4) is 6.07 Å². The molecule has 0 radical (unpaired) electrons. The summed E-state index contributed by atoms with van der Waals surface area (Å²) in [5, 5.41) is 12.2. The van der Waals surface area contributed by atoms with E-state index < -0.39 is 15.7 Å². The number of hydrogen-bond donors (Lipinski definition) is 1. The summed E-state index contributed by atoms with van der Waals surface area (Å²) in [6.45, 7) is 4.61. The molecule has 0 aliphatic carbocycles. The standard InChI is InChI=1S/C19H25N3O4S/c1-14-4-5-18(15(2)10-14)21-19(23)16(11-20)12-22(7-8-26-3)17-6-9-27(24,25)13-17/h4-5,10,12,17H,6-9,13H2,1-3H3,(H,21,23)/b16-12-. The van der Waals surface area contributed by atoms with Crippen LogP contribution in [0.25, 0.3) is 0 Å². The number of methoxy groups -OCH3 is 1. The number of nitrogens with zero attached hydrogens (tertiary/aromatic N) is 2. The van der Waals surface area contributed by atoms with Crippen molar-refractivity contribution in [2.75, 3.05) is 37.1 Å². The highest BCUT2D eigenvalue weighted by atomic mass is 32.2. The van der Waals surface area contributed by atoms with Crippen LogP contribution in [-0.2, 0) is 19.4 Å². The van der Waals surface area contributed by atoms with Crippen molar-refractivity contribution in [1.82, 2.24) is 4.90 Å². The first-order valence-electron chi connectivity index (χ1n) is 8.71. The van der Waals surface area contributed by atoms with Gasteiger partial charge in [-0.15, -0.1) is 0 Å². The Kier molecular flexibility index (Phi) is 6.99. The van der Waals surface area contributed by atoms with Gasteiger partial charge in [0.1, 0.15) is 11.6 Å². The van der Waals surface area contributed by atoms with E-state index in [0.29, 0.717) is 25.3 Å². The van der Waals surface area contributed by atoms with Gasteiger partial charge < -0.3 is 15.0 Å². The second-order valence-electron chi connectivity index (χ2n) is 6.71. The molecule has 1 aromatic rings. The third kappa shape index (κ3) is 5.81. The highest BCUT2D eigenvalue weighted by Gasteiger charge is 2.31. The highest BCUT2D eigenvalue weighted by molar-refractivity contribution is 7.91. The Morgan fingerprint density at radius 3 is 2.74 bits per heavy atom. The molecule has 1 unspecified atom stereocenters. The lowest BCUT2D eigenvalue weighted by Gasteiger charge is -2.26.